The van der Waals surface area contributed by atoms with Crippen LogP contribution in [0.3, 0.4) is 0 Å². The molecule has 1 spiro atoms. The fraction of sp³-hybridized carbons (Fsp3) is 0.0192. The van der Waals surface area contributed by atoms with Gasteiger partial charge in [-0.15, -0.1) is 0 Å². The summed E-state index contributed by atoms with van der Waals surface area (Å²) >= 11 is 1.88. The van der Waals surface area contributed by atoms with Gasteiger partial charge in [0.1, 0.15) is 0 Å². The van der Waals surface area contributed by atoms with Crippen LogP contribution in [0.15, 0.2) is 204 Å². The largest absolute Gasteiger partial charge is 0.309 e. The minimum absolute atomic E-state index is 0.528. The average Bonchev–Trinajstić information content (AvgIpc) is 3.63. The fourth-order valence-electron chi connectivity index (χ4n) is 9.31. The van der Waals surface area contributed by atoms with Crippen molar-refractivity contribution in [2.24, 2.45) is 0 Å². The monoisotopic (exact) mass is 744 g/mol. The minimum Gasteiger partial charge on any atom is -0.309 e. The summed E-state index contributed by atoms with van der Waals surface area (Å²) in [6, 6.07) is 69.7. The van der Waals surface area contributed by atoms with Gasteiger partial charge in [-0.25, -0.2) is 15.0 Å². The van der Waals surface area contributed by atoms with Gasteiger partial charge in [-0.3, -0.25) is 0 Å². The van der Waals surface area contributed by atoms with Crippen molar-refractivity contribution in [2.75, 3.05) is 0 Å². The van der Waals surface area contributed by atoms with E-state index < -0.39 is 5.41 Å². The van der Waals surface area contributed by atoms with Crippen molar-refractivity contribution in [1.82, 2.24) is 19.5 Å². The fourth-order valence-corrected chi connectivity index (χ4v) is 10.6. The molecule has 1 unspecified atom stereocenters. The Bertz CT molecular complexity index is 3150. The number of aromatic nitrogens is 4. The zero-order chi connectivity index (χ0) is 37.5. The van der Waals surface area contributed by atoms with Crippen LogP contribution in [-0.2, 0) is 5.41 Å². The Labute approximate surface area is 334 Å². The molecule has 0 N–H and O–H groups in total. The van der Waals surface area contributed by atoms with Crippen LogP contribution in [0.1, 0.15) is 22.3 Å². The van der Waals surface area contributed by atoms with E-state index in [0.717, 1.165) is 22.3 Å². The topological polar surface area (TPSA) is 43.6 Å². The SMILES string of the molecule is c1ccc(-c2nc(-c3ccccc3)nc(-c3ccc(-c4cccc5c4Sc4ccccc4C54c5ccccc5-n5c6ccccc6c6cccc4c65)cc3)n2)cc1. The van der Waals surface area contributed by atoms with Gasteiger partial charge >= 0.3 is 0 Å². The zero-order valence-electron chi connectivity index (χ0n) is 30.7. The van der Waals surface area contributed by atoms with Crippen LogP contribution in [0.25, 0.3) is 72.8 Å². The second kappa shape index (κ2) is 12.5. The first-order valence-electron chi connectivity index (χ1n) is 19.3. The summed E-state index contributed by atoms with van der Waals surface area (Å²) in [7, 11) is 0. The van der Waals surface area contributed by atoms with E-state index in [4.69, 9.17) is 15.0 Å². The first-order chi connectivity index (χ1) is 28.3. The van der Waals surface area contributed by atoms with Crippen LogP contribution >= 0.6 is 11.8 Å². The number of rotatable bonds is 4. The minimum atomic E-state index is -0.528. The van der Waals surface area contributed by atoms with Crippen LogP contribution < -0.4 is 0 Å². The number of hydrogen-bond donors (Lipinski definition) is 0. The second-order valence-corrected chi connectivity index (χ2v) is 15.8. The molecule has 0 fully saturated rings. The molecule has 0 saturated carbocycles. The van der Waals surface area contributed by atoms with E-state index in [9.17, 15) is 0 Å². The van der Waals surface area contributed by atoms with E-state index in [1.807, 2.05) is 72.4 Å². The van der Waals surface area contributed by atoms with Crippen LogP contribution in [0.4, 0.5) is 0 Å². The standard InChI is InChI=1S/C52H32N4S/c1-3-15-34(16-4-1)49-53-50(35-17-5-2-6-18-35)55-51(54-49)36-31-29-33(30-32-36)37-20-13-25-43-48(37)57-46-28-12-9-23-41(46)52(43)40-22-8-11-27-45(40)56-44-26-10-7-19-38(44)39-21-14-24-42(52)47(39)56/h1-32H. The van der Waals surface area contributed by atoms with E-state index in [0.29, 0.717) is 17.5 Å². The molecule has 0 radical (unpaired) electrons. The number of nitrogens with zero attached hydrogens (tertiary/aromatic N) is 4. The molecule has 8 aromatic carbocycles. The Kier molecular flexibility index (Phi) is 7.04. The number of para-hydroxylation sites is 3. The highest BCUT2D eigenvalue weighted by Gasteiger charge is 2.49. The normalized spacial score (nSPS) is 15.0. The Balaban J connectivity index is 1.06. The Morgan fingerprint density at radius 1 is 0.386 bits per heavy atom. The molecule has 2 aromatic heterocycles. The first-order valence-corrected chi connectivity index (χ1v) is 20.1. The molecule has 4 nitrogen and oxygen atoms in total. The molecule has 2 aliphatic heterocycles. The van der Waals surface area contributed by atoms with Crippen molar-refractivity contribution in [3.05, 3.63) is 216 Å². The van der Waals surface area contributed by atoms with Gasteiger partial charge in [-0.2, -0.15) is 0 Å². The van der Waals surface area contributed by atoms with Crippen molar-refractivity contribution in [2.45, 2.75) is 15.2 Å². The van der Waals surface area contributed by atoms with Gasteiger partial charge in [0.15, 0.2) is 17.5 Å². The van der Waals surface area contributed by atoms with Crippen LogP contribution in [0.5, 0.6) is 0 Å². The molecule has 2 aliphatic rings. The maximum Gasteiger partial charge on any atom is 0.164 e. The molecule has 266 valence electrons. The van der Waals surface area contributed by atoms with E-state index in [1.54, 1.807) is 0 Å². The zero-order valence-corrected chi connectivity index (χ0v) is 31.5. The van der Waals surface area contributed by atoms with Gasteiger partial charge in [-0.05, 0) is 51.6 Å². The molecule has 0 bridgehead atoms. The van der Waals surface area contributed by atoms with Crippen LogP contribution in [0.2, 0.25) is 0 Å². The lowest BCUT2D eigenvalue weighted by atomic mass is 9.62. The predicted octanol–water partition coefficient (Wildman–Crippen LogP) is 12.8. The molecule has 0 aliphatic carbocycles. The molecule has 12 rings (SSSR count). The summed E-state index contributed by atoms with van der Waals surface area (Å²) in [5, 5.41) is 2.56. The van der Waals surface area contributed by atoms with Crippen molar-refractivity contribution < 1.29 is 0 Å². The predicted molar refractivity (Wildman–Crippen MR) is 232 cm³/mol. The summed E-state index contributed by atoms with van der Waals surface area (Å²) in [6.07, 6.45) is 0. The van der Waals surface area contributed by atoms with Crippen LogP contribution in [0, 0.1) is 0 Å². The van der Waals surface area contributed by atoms with Crippen molar-refractivity contribution >= 4 is 33.6 Å². The summed E-state index contributed by atoms with van der Waals surface area (Å²) in [6.45, 7) is 0. The van der Waals surface area contributed by atoms with E-state index in [2.05, 4.69) is 138 Å². The quantitative estimate of drug-likeness (QED) is 0.180. The van der Waals surface area contributed by atoms with Gasteiger partial charge in [0.25, 0.3) is 0 Å². The summed E-state index contributed by atoms with van der Waals surface area (Å²) < 4.78 is 2.50. The third-order valence-corrected chi connectivity index (χ3v) is 12.9. The van der Waals surface area contributed by atoms with Gasteiger partial charge in [-0.1, -0.05) is 188 Å². The highest BCUT2D eigenvalue weighted by molar-refractivity contribution is 7.99. The smallest absolute Gasteiger partial charge is 0.164 e. The lowest BCUT2D eigenvalue weighted by Gasteiger charge is -2.45. The number of benzene rings is 8. The highest BCUT2D eigenvalue weighted by atomic mass is 32.2. The molecular formula is C52H32N4S. The summed E-state index contributed by atoms with van der Waals surface area (Å²) in [5.74, 6) is 1.96. The third-order valence-electron chi connectivity index (χ3n) is 11.7. The van der Waals surface area contributed by atoms with Gasteiger partial charge in [0.2, 0.25) is 0 Å². The molecule has 1 atom stereocenters. The molecular weight excluding hydrogens is 713 g/mol. The number of hydrogen-bond acceptors (Lipinski definition) is 4. The summed E-state index contributed by atoms with van der Waals surface area (Å²) in [4.78, 5) is 17.5. The molecule has 0 saturated heterocycles. The lowest BCUT2D eigenvalue weighted by molar-refractivity contribution is 0.690. The third kappa shape index (κ3) is 4.67. The van der Waals surface area contributed by atoms with Gasteiger partial charge < -0.3 is 4.57 Å². The Morgan fingerprint density at radius 3 is 1.65 bits per heavy atom. The van der Waals surface area contributed by atoms with Crippen molar-refractivity contribution in [3.8, 4) is 51.0 Å². The molecule has 5 heteroatoms. The van der Waals surface area contributed by atoms with Crippen molar-refractivity contribution in [1.29, 1.82) is 0 Å². The van der Waals surface area contributed by atoms with Crippen LogP contribution in [-0.4, -0.2) is 19.5 Å². The lowest BCUT2D eigenvalue weighted by Crippen LogP contribution is -2.37. The highest BCUT2D eigenvalue weighted by Crippen LogP contribution is 2.61. The average molecular weight is 745 g/mol. The maximum atomic E-state index is 5.00. The second-order valence-electron chi connectivity index (χ2n) is 14.7. The molecule has 0 amide bonds. The summed E-state index contributed by atoms with van der Waals surface area (Å²) in [5.41, 5.74) is 13.7. The number of fused-ring (bicyclic) bond motifs is 11. The van der Waals surface area contributed by atoms with Gasteiger partial charge in [0, 0.05) is 37.3 Å². The van der Waals surface area contributed by atoms with Crippen molar-refractivity contribution in [3.63, 3.8) is 0 Å². The van der Waals surface area contributed by atoms with E-state index in [-0.39, 0.29) is 0 Å². The molecule has 4 heterocycles. The Hall–Kier alpha value is -7.08. The Morgan fingerprint density at radius 2 is 0.912 bits per heavy atom. The maximum absolute atomic E-state index is 5.00. The first kappa shape index (κ1) is 32.2. The van der Waals surface area contributed by atoms with E-state index >= 15 is 0 Å². The molecule has 10 aromatic rings. The molecule has 57 heavy (non-hydrogen) atoms. The van der Waals surface area contributed by atoms with Gasteiger partial charge in [0.05, 0.1) is 22.1 Å². The van der Waals surface area contributed by atoms with E-state index in [1.165, 1.54) is 65.1 Å².